The van der Waals surface area contributed by atoms with E-state index in [0.29, 0.717) is 19.1 Å². The molecule has 164 valence electrons. The third kappa shape index (κ3) is 6.92. The van der Waals surface area contributed by atoms with E-state index >= 15 is 0 Å². The van der Waals surface area contributed by atoms with Crippen LogP contribution in [-0.4, -0.2) is 76.4 Å². The van der Waals surface area contributed by atoms with Gasteiger partial charge in [0.15, 0.2) is 5.96 Å². The van der Waals surface area contributed by atoms with Crippen molar-refractivity contribution >= 4 is 35.6 Å². The molecule has 0 amide bonds. The maximum atomic E-state index is 14.0. The highest BCUT2D eigenvalue weighted by molar-refractivity contribution is 14.0. The van der Waals surface area contributed by atoms with Crippen LogP contribution in [0.4, 0.5) is 14.5 Å². The Labute approximate surface area is 189 Å². The van der Waals surface area contributed by atoms with E-state index in [4.69, 9.17) is 4.74 Å². The lowest BCUT2D eigenvalue weighted by Crippen LogP contribution is -2.47. The van der Waals surface area contributed by atoms with Gasteiger partial charge in [0.05, 0.1) is 6.61 Å². The zero-order chi connectivity index (χ0) is 19.9. The predicted octanol–water partition coefficient (Wildman–Crippen LogP) is 2.44. The average Bonchev–Trinajstić information content (AvgIpc) is 3.43. The van der Waals surface area contributed by atoms with E-state index in [2.05, 4.69) is 20.5 Å². The number of hydrogen-bond acceptors (Lipinski definition) is 4. The Bertz CT molecular complexity index is 654. The van der Waals surface area contributed by atoms with Gasteiger partial charge in [0.2, 0.25) is 0 Å². The van der Waals surface area contributed by atoms with E-state index in [-0.39, 0.29) is 35.7 Å². The molecule has 1 aliphatic carbocycles. The van der Waals surface area contributed by atoms with Gasteiger partial charge in [0.1, 0.15) is 17.3 Å². The molecule has 1 atom stereocenters. The molecule has 1 saturated carbocycles. The summed E-state index contributed by atoms with van der Waals surface area (Å²) in [6.07, 6.45) is 3.33. The molecule has 0 bridgehead atoms. The number of guanidine groups is 1. The molecule has 2 aliphatic rings. The summed E-state index contributed by atoms with van der Waals surface area (Å²) in [5.74, 6) is -0.304. The predicted molar refractivity (Wildman–Crippen MR) is 123 cm³/mol. The highest BCUT2D eigenvalue weighted by atomic mass is 127. The second-order valence-corrected chi connectivity index (χ2v) is 7.41. The van der Waals surface area contributed by atoms with Gasteiger partial charge < -0.3 is 20.3 Å². The Morgan fingerprint density at radius 1 is 1.24 bits per heavy atom. The van der Waals surface area contributed by atoms with Crippen molar-refractivity contribution in [1.29, 1.82) is 0 Å². The van der Waals surface area contributed by atoms with Crippen molar-refractivity contribution in [3.05, 3.63) is 29.8 Å². The van der Waals surface area contributed by atoms with Crippen molar-refractivity contribution in [3.8, 4) is 0 Å². The normalized spacial score (nSPS) is 19.4. The monoisotopic (exact) mass is 523 g/mol. The maximum Gasteiger partial charge on any atom is 0.191 e. The fourth-order valence-corrected chi connectivity index (χ4v) is 3.70. The van der Waals surface area contributed by atoms with E-state index in [1.54, 1.807) is 19.1 Å². The van der Waals surface area contributed by atoms with Gasteiger partial charge in [-0.1, -0.05) is 6.07 Å². The molecule has 0 spiro atoms. The highest BCUT2D eigenvalue weighted by Crippen LogP contribution is 2.27. The Hall–Kier alpha value is -1.20. The largest absolute Gasteiger partial charge is 0.383 e. The molecule has 6 nitrogen and oxygen atoms in total. The molecule has 0 aromatic heterocycles. The van der Waals surface area contributed by atoms with Crippen LogP contribution in [0.1, 0.15) is 19.3 Å². The Morgan fingerprint density at radius 3 is 2.59 bits per heavy atom. The van der Waals surface area contributed by atoms with Gasteiger partial charge in [-0.2, -0.15) is 0 Å². The number of nitrogens with zero attached hydrogens (tertiary/aromatic N) is 3. The molecular formula is C20H32F2IN5O. The van der Waals surface area contributed by atoms with Crippen LogP contribution in [0.5, 0.6) is 0 Å². The van der Waals surface area contributed by atoms with Crippen LogP contribution in [0.3, 0.4) is 0 Å². The summed E-state index contributed by atoms with van der Waals surface area (Å²) in [6, 6.07) is 4.77. The number of benzene rings is 1. The van der Waals surface area contributed by atoms with Gasteiger partial charge in [0, 0.05) is 59.0 Å². The number of ether oxygens (including phenoxy) is 1. The number of halogens is 3. The third-order valence-electron chi connectivity index (χ3n) is 5.34. The Morgan fingerprint density at radius 2 is 1.97 bits per heavy atom. The van der Waals surface area contributed by atoms with E-state index in [1.807, 2.05) is 0 Å². The molecule has 1 saturated heterocycles. The lowest BCUT2D eigenvalue weighted by atomic mass is 10.2. The van der Waals surface area contributed by atoms with E-state index in [1.165, 1.54) is 31.0 Å². The number of hydrogen-bond donors (Lipinski definition) is 2. The molecule has 3 rings (SSSR count). The second kappa shape index (κ2) is 11.8. The van der Waals surface area contributed by atoms with Gasteiger partial charge in [-0.3, -0.25) is 9.89 Å². The molecule has 1 heterocycles. The van der Waals surface area contributed by atoms with Crippen LogP contribution in [0, 0.1) is 11.6 Å². The first-order chi connectivity index (χ1) is 13.6. The van der Waals surface area contributed by atoms with Crippen molar-refractivity contribution in [1.82, 2.24) is 15.5 Å². The van der Waals surface area contributed by atoms with Gasteiger partial charge in [-0.25, -0.2) is 8.78 Å². The first-order valence-corrected chi connectivity index (χ1v) is 10.0. The van der Waals surface area contributed by atoms with Crippen LogP contribution in [0.25, 0.3) is 0 Å². The minimum absolute atomic E-state index is 0. The van der Waals surface area contributed by atoms with Crippen molar-refractivity contribution in [3.63, 3.8) is 0 Å². The Kier molecular flexibility index (Phi) is 9.84. The van der Waals surface area contributed by atoms with Crippen molar-refractivity contribution < 1.29 is 13.5 Å². The summed E-state index contributed by atoms with van der Waals surface area (Å²) in [5, 5.41) is 6.73. The molecule has 2 fully saturated rings. The quantitative estimate of drug-likeness (QED) is 0.296. The average molecular weight is 523 g/mol. The molecule has 1 aliphatic heterocycles. The molecule has 1 aromatic carbocycles. The molecule has 0 radical (unpaired) electrons. The van der Waals surface area contributed by atoms with Gasteiger partial charge >= 0.3 is 0 Å². The SMILES string of the molecule is CN=C(NCCN(CCOC)C1CC1)NC1CCN(c2c(F)cccc2F)C1.I. The summed E-state index contributed by atoms with van der Waals surface area (Å²) < 4.78 is 33.2. The first-order valence-electron chi connectivity index (χ1n) is 10.0. The first kappa shape index (κ1) is 24.1. The summed E-state index contributed by atoms with van der Waals surface area (Å²) in [5.41, 5.74) is 0.0629. The van der Waals surface area contributed by atoms with E-state index in [0.717, 1.165) is 38.6 Å². The summed E-state index contributed by atoms with van der Waals surface area (Å²) in [7, 11) is 3.47. The minimum Gasteiger partial charge on any atom is -0.383 e. The zero-order valence-corrected chi connectivity index (χ0v) is 19.5. The highest BCUT2D eigenvalue weighted by Gasteiger charge is 2.29. The van der Waals surface area contributed by atoms with Crippen LogP contribution >= 0.6 is 24.0 Å². The van der Waals surface area contributed by atoms with Crippen molar-refractivity contribution in [2.45, 2.75) is 31.3 Å². The smallest absolute Gasteiger partial charge is 0.191 e. The third-order valence-corrected chi connectivity index (χ3v) is 5.34. The molecule has 29 heavy (non-hydrogen) atoms. The number of para-hydroxylation sites is 1. The van der Waals surface area contributed by atoms with E-state index < -0.39 is 11.6 Å². The molecular weight excluding hydrogens is 491 g/mol. The van der Waals surface area contributed by atoms with Crippen LogP contribution in [0.2, 0.25) is 0 Å². The van der Waals surface area contributed by atoms with E-state index in [9.17, 15) is 8.78 Å². The summed E-state index contributed by atoms with van der Waals surface area (Å²) >= 11 is 0. The second-order valence-electron chi connectivity index (χ2n) is 7.41. The van der Waals surface area contributed by atoms with Crippen LogP contribution < -0.4 is 15.5 Å². The van der Waals surface area contributed by atoms with Crippen molar-refractivity contribution in [2.75, 3.05) is 58.4 Å². The number of aliphatic imine (C=N–C) groups is 1. The molecule has 1 unspecified atom stereocenters. The standard InChI is InChI=1S/C20H31F2N5O.HI/c1-23-20(24-9-11-26(12-13-28-2)16-6-7-16)25-15-8-10-27(14-15)19-17(21)4-3-5-18(19)22;/h3-5,15-16H,6-14H2,1-2H3,(H2,23,24,25);1H. The molecule has 9 heteroatoms. The summed E-state index contributed by atoms with van der Waals surface area (Å²) in [6.45, 7) is 4.57. The van der Waals surface area contributed by atoms with Gasteiger partial charge in [-0.05, 0) is 31.4 Å². The minimum atomic E-state index is -0.514. The Balaban J connectivity index is 0.00000300. The number of nitrogens with one attached hydrogen (secondary N) is 2. The zero-order valence-electron chi connectivity index (χ0n) is 17.2. The number of methoxy groups -OCH3 is 1. The van der Waals surface area contributed by atoms with Crippen molar-refractivity contribution in [2.24, 2.45) is 4.99 Å². The fraction of sp³-hybridized carbons (Fsp3) is 0.650. The molecule has 2 N–H and O–H groups in total. The fourth-order valence-electron chi connectivity index (χ4n) is 3.70. The van der Waals surface area contributed by atoms with Crippen LogP contribution in [0.15, 0.2) is 23.2 Å². The maximum absolute atomic E-state index is 14.0. The lowest BCUT2D eigenvalue weighted by molar-refractivity contribution is 0.144. The summed E-state index contributed by atoms with van der Waals surface area (Å²) in [4.78, 5) is 8.49. The van der Waals surface area contributed by atoms with Gasteiger partial charge in [-0.15, -0.1) is 24.0 Å². The van der Waals surface area contributed by atoms with Crippen LogP contribution in [-0.2, 0) is 4.74 Å². The topological polar surface area (TPSA) is 52.1 Å². The lowest BCUT2D eigenvalue weighted by Gasteiger charge is -2.23. The molecule has 1 aromatic rings. The van der Waals surface area contributed by atoms with Gasteiger partial charge in [0.25, 0.3) is 0 Å². The number of rotatable bonds is 9. The number of anilines is 1.